The summed E-state index contributed by atoms with van der Waals surface area (Å²) in [6, 6.07) is 9.56. The number of aliphatic hydroxyl groups excluding tert-OH is 1. The van der Waals surface area contributed by atoms with Crippen LogP contribution in [0.25, 0.3) is 0 Å². The van der Waals surface area contributed by atoms with E-state index in [-0.39, 0.29) is 16.4 Å². The topological polar surface area (TPSA) is 35.5 Å². The van der Waals surface area contributed by atoms with Gasteiger partial charge in [-0.2, -0.15) is 0 Å². The van der Waals surface area contributed by atoms with E-state index < -0.39 is 0 Å². The normalized spacial score (nSPS) is 51.5. The Bertz CT molecular complexity index is 745. The number of hydrogen-bond donors (Lipinski definition) is 2. The Morgan fingerprint density at radius 3 is 3.09 bits per heavy atom. The van der Waals surface area contributed by atoms with Gasteiger partial charge in [-0.05, 0) is 36.9 Å². The van der Waals surface area contributed by atoms with Gasteiger partial charge in [-0.25, -0.2) is 0 Å². The quantitative estimate of drug-likeness (QED) is 0.782. The van der Waals surface area contributed by atoms with Crippen molar-refractivity contribution in [1.29, 1.82) is 0 Å². The molecule has 0 radical (unpaired) electrons. The predicted molar refractivity (Wildman–Crippen MR) is 90.4 cm³/mol. The van der Waals surface area contributed by atoms with Crippen molar-refractivity contribution in [3.05, 3.63) is 42.0 Å². The van der Waals surface area contributed by atoms with Gasteiger partial charge in [0.15, 0.2) is 0 Å². The number of benzene rings is 1. The predicted octanol–water partition coefficient (Wildman–Crippen LogP) is 2.38. The van der Waals surface area contributed by atoms with Crippen LogP contribution in [0, 0.1) is 17.3 Å². The molecule has 120 valence electrons. The molecule has 2 N–H and O–H groups in total. The molecule has 3 spiro atoms. The highest BCUT2D eigenvalue weighted by atomic mass is 16.3. The first kappa shape index (κ1) is 13.0. The minimum Gasteiger partial charge on any atom is -0.396 e. The van der Waals surface area contributed by atoms with Gasteiger partial charge in [0, 0.05) is 41.6 Å². The van der Waals surface area contributed by atoms with E-state index in [1.54, 1.807) is 0 Å². The lowest BCUT2D eigenvalue weighted by Gasteiger charge is -2.51. The van der Waals surface area contributed by atoms with E-state index in [0.29, 0.717) is 24.5 Å². The fraction of sp³-hybridized carbons (Fsp3) is 0.600. The van der Waals surface area contributed by atoms with Crippen molar-refractivity contribution in [2.75, 3.05) is 25.0 Å². The average Bonchev–Trinajstić information content (AvgIpc) is 3.23. The van der Waals surface area contributed by atoms with Crippen LogP contribution in [0.2, 0.25) is 0 Å². The number of nitrogens with zero attached hydrogens (tertiary/aromatic N) is 1. The summed E-state index contributed by atoms with van der Waals surface area (Å²) in [5, 5.41) is 14.3. The maximum absolute atomic E-state index is 10.3. The molecule has 0 unspecified atom stereocenters. The van der Waals surface area contributed by atoms with Crippen LogP contribution in [-0.4, -0.2) is 41.3 Å². The van der Waals surface area contributed by atoms with Gasteiger partial charge in [-0.3, -0.25) is 4.90 Å². The van der Waals surface area contributed by atoms with Crippen LogP contribution >= 0.6 is 0 Å². The number of para-hydroxylation sites is 1. The highest BCUT2D eigenvalue weighted by Gasteiger charge is 2.84. The molecular weight excluding hydrogens is 284 g/mol. The van der Waals surface area contributed by atoms with Gasteiger partial charge in [-0.15, -0.1) is 0 Å². The molecule has 3 nitrogen and oxygen atoms in total. The molecule has 1 saturated heterocycles. The lowest BCUT2D eigenvalue weighted by Crippen LogP contribution is -2.62. The molecular formula is C20H24N2O. The summed E-state index contributed by atoms with van der Waals surface area (Å²) in [5.41, 5.74) is 3.29. The first-order chi connectivity index (χ1) is 11.2. The summed E-state index contributed by atoms with van der Waals surface area (Å²) in [5.74, 6) is 0.910. The van der Waals surface area contributed by atoms with Crippen LogP contribution in [0.1, 0.15) is 25.3 Å². The summed E-state index contributed by atoms with van der Waals surface area (Å²) in [7, 11) is 0. The third-order valence-corrected chi connectivity index (χ3v) is 8.34. The first-order valence-corrected chi connectivity index (χ1v) is 9.11. The lowest BCUT2D eigenvalue weighted by atomic mass is 9.57. The lowest BCUT2D eigenvalue weighted by molar-refractivity contribution is 0.0536. The van der Waals surface area contributed by atoms with E-state index in [9.17, 15) is 5.11 Å². The van der Waals surface area contributed by atoms with Crippen LogP contribution in [0.3, 0.4) is 0 Å². The molecule has 6 rings (SSSR count). The largest absolute Gasteiger partial charge is 0.396 e. The Morgan fingerprint density at radius 1 is 1.35 bits per heavy atom. The fourth-order valence-corrected chi connectivity index (χ4v) is 7.92. The molecule has 1 aromatic carbocycles. The van der Waals surface area contributed by atoms with Crippen LogP contribution in [0.5, 0.6) is 0 Å². The molecule has 5 aliphatic rings. The van der Waals surface area contributed by atoms with E-state index in [4.69, 9.17) is 0 Å². The van der Waals surface area contributed by atoms with Gasteiger partial charge in [0.1, 0.15) is 0 Å². The number of aliphatic hydroxyl groups is 1. The third-order valence-electron chi connectivity index (χ3n) is 8.34. The molecule has 0 amide bonds. The molecule has 3 aliphatic heterocycles. The summed E-state index contributed by atoms with van der Waals surface area (Å²) in [6.45, 7) is 5.04. The molecule has 2 saturated carbocycles. The van der Waals surface area contributed by atoms with Crippen molar-refractivity contribution < 1.29 is 5.11 Å². The second-order valence-electron chi connectivity index (χ2n) is 8.48. The highest BCUT2D eigenvalue weighted by Crippen LogP contribution is 2.78. The van der Waals surface area contributed by atoms with Gasteiger partial charge >= 0.3 is 0 Å². The summed E-state index contributed by atoms with van der Waals surface area (Å²) in [4.78, 5) is 2.73. The van der Waals surface area contributed by atoms with E-state index >= 15 is 0 Å². The molecule has 23 heavy (non-hydrogen) atoms. The van der Waals surface area contributed by atoms with Crippen LogP contribution in [-0.2, 0) is 5.41 Å². The zero-order valence-electron chi connectivity index (χ0n) is 13.6. The molecule has 0 aromatic heterocycles. The Labute approximate surface area is 137 Å². The zero-order chi connectivity index (χ0) is 15.4. The molecule has 1 aromatic rings. The van der Waals surface area contributed by atoms with Gasteiger partial charge in [0.25, 0.3) is 0 Å². The van der Waals surface area contributed by atoms with E-state index in [1.165, 1.54) is 24.2 Å². The number of fused-ring (bicyclic) bond motifs is 1. The number of rotatable bonds is 1. The Kier molecular flexibility index (Phi) is 2.08. The molecule has 2 aliphatic carbocycles. The molecule has 3 heterocycles. The second-order valence-corrected chi connectivity index (χ2v) is 8.48. The van der Waals surface area contributed by atoms with Crippen molar-refractivity contribution >= 4 is 5.69 Å². The minimum absolute atomic E-state index is 0.0273. The highest BCUT2D eigenvalue weighted by molar-refractivity contribution is 5.71. The Balaban J connectivity index is 1.72. The van der Waals surface area contributed by atoms with Gasteiger partial charge < -0.3 is 10.4 Å². The monoisotopic (exact) mass is 308 g/mol. The average molecular weight is 308 g/mol. The molecule has 6 atom stereocenters. The second kappa shape index (κ2) is 3.68. The smallest absolute Gasteiger partial charge is 0.0571 e. The third kappa shape index (κ3) is 1.03. The van der Waals surface area contributed by atoms with Crippen molar-refractivity contribution in [3.8, 4) is 0 Å². The van der Waals surface area contributed by atoms with Crippen LogP contribution in [0.15, 0.2) is 36.4 Å². The van der Waals surface area contributed by atoms with Crippen molar-refractivity contribution in [1.82, 2.24) is 4.90 Å². The van der Waals surface area contributed by atoms with Gasteiger partial charge in [0.05, 0.1) is 5.54 Å². The summed E-state index contributed by atoms with van der Waals surface area (Å²) < 4.78 is 0. The van der Waals surface area contributed by atoms with Crippen LogP contribution in [0.4, 0.5) is 5.69 Å². The van der Waals surface area contributed by atoms with Crippen LogP contribution < -0.4 is 5.32 Å². The Morgan fingerprint density at radius 2 is 2.22 bits per heavy atom. The summed E-state index contributed by atoms with van der Waals surface area (Å²) >= 11 is 0. The van der Waals surface area contributed by atoms with Gasteiger partial charge in [-0.1, -0.05) is 37.3 Å². The summed E-state index contributed by atoms with van der Waals surface area (Å²) in [6.07, 6.45) is 7.29. The van der Waals surface area contributed by atoms with Crippen molar-refractivity contribution in [2.45, 2.75) is 36.8 Å². The van der Waals surface area contributed by atoms with Crippen molar-refractivity contribution in [2.24, 2.45) is 17.3 Å². The van der Waals surface area contributed by atoms with E-state index in [1.807, 2.05) is 0 Å². The maximum atomic E-state index is 10.3. The minimum atomic E-state index is 0.0273. The SMILES string of the molecule is C[C@@H]1[C@]23C=CCN4CC[C@@]5(c6ccccc6N[C@]15[C@@H](CO)C2)[C@@H]43. The standard InChI is InChI=1S/C20H24N2O/c1-13-18-7-4-9-22-10-8-19(17(18)22)15-5-2-3-6-16(15)21-20(13,19)14(11-18)12-23/h2-7,13-14,17,21,23H,8-12H2,1H3/t13-,14-,17+,18+,19-,20+/m1/s1. The van der Waals surface area contributed by atoms with Gasteiger partial charge in [0.2, 0.25) is 0 Å². The van der Waals surface area contributed by atoms with Crippen molar-refractivity contribution in [3.63, 3.8) is 0 Å². The Hall–Kier alpha value is -1.32. The van der Waals surface area contributed by atoms with E-state index in [0.717, 1.165) is 13.0 Å². The molecule has 2 bridgehead atoms. The number of nitrogens with one attached hydrogen (secondary N) is 1. The fourth-order valence-electron chi connectivity index (χ4n) is 7.92. The van der Waals surface area contributed by atoms with E-state index in [2.05, 4.69) is 53.6 Å². The molecule has 3 fully saturated rings. The first-order valence-electron chi connectivity index (χ1n) is 9.11. The zero-order valence-corrected chi connectivity index (χ0v) is 13.6. The number of anilines is 1. The molecule has 3 heteroatoms. The number of hydrogen-bond acceptors (Lipinski definition) is 3. The maximum Gasteiger partial charge on any atom is 0.0571 e.